The summed E-state index contributed by atoms with van der Waals surface area (Å²) in [6, 6.07) is 0.392. The first kappa shape index (κ1) is 5.01. The monoisotopic (exact) mass is 147 g/mol. The summed E-state index contributed by atoms with van der Waals surface area (Å²) in [7, 11) is 0. The Morgan fingerprint density at radius 3 is 2.78 bits per heavy atom. The SMILES string of the molecule is OC1N=C2N=C(O2)N1Cl. The van der Waals surface area contributed by atoms with Crippen LogP contribution in [0.25, 0.3) is 0 Å². The Hall–Kier alpha value is -0.810. The number of aliphatic imine (C=N–C) groups is 2. The van der Waals surface area contributed by atoms with Crippen molar-refractivity contribution in [1.29, 1.82) is 0 Å². The summed E-state index contributed by atoms with van der Waals surface area (Å²) in [4.78, 5) is 7.12. The minimum atomic E-state index is -1.04. The molecule has 1 N–H and O–H groups in total. The van der Waals surface area contributed by atoms with Gasteiger partial charge in [0.05, 0.1) is 0 Å². The van der Waals surface area contributed by atoms with Gasteiger partial charge in [-0.2, -0.15) is 9.41 Å². The lowest BCUT2D eigenvalue weighted by atomic mass is 10.7. The third kappa shape index (κ3) is 0.526. The fourth-order valence-corrected chi connectivity index (χ4v) is 0.681. The molecule has 6 heteroatoms. The number of aliphatic hydroxyl groups is 1. The van der Waals surface area contributed by atoms with Crippen LogP contribution in [0.4, 0.5) is 0 Å². The lowest BCUT2D eigenvalue weighted by Crippen LogP contribution is -2.45. The highest BCUT2D eigenvalue weighted by Crippen LogP contribution is 2.19. The van der Waals surface area contributed by atoms with E-state index in [9.17, 15) is 0 Å². The molecule has 48 valence electrons. The molecule has 3 rings (SSSR count). The van der Waals surface area contributed by atoms with Crippen LogP contribution in [0, 0.1) is 0 Å². The van der Waals surface area contributed by atoms with E-state index >= 15 is 0 Å². The summed E-state index contributed by atoms with van der Waals surface area (Å²) in [5.74, 6) is 0. The van der Waals surface area contributed by atoms with Gasteiger partial charge in [-0.25, -0.2) is 0 Å². The molecule has 3 aliphatic rings. The number of nitrogens with zero attached hydrogens (tertiary/aromatic N) is 3. The Labute approximate surface area is 55.3 Å². The van der Waals surface area contributed by atoms with Crippen LogP contribution < -0.4 is 0 Å². The summed E-state index contributed by atoms with van der Waals surface area (Å²) in [6.45, 7) is 0. The van der Waals surface area contributed by atoms with E-state index < -0.39 is 6.35 Å². The van der Waals surface area contributed by atoms with Crippen LogP contribution in [0.5, 0.6) is 0 Å². The highest BCUT2D eigenvalue weighted by Gasteiger charge is 2.34. The minimum absolute atomic E-state index is 0.189. The Balaban J connectivity index is 2.34. The minimum Gasteiger partial charge on any atom is -0.389 e. The van der Waals surface area contributed by atoms with Crippen molar-refractivity contribution in [2.24, 2.45) is 9.98 Å². The second-order valence-corrected chi connectivity index (χ2v) is 1.93. The molecular formula is C3H2ClN3O2. The molecule has 0 radical (unpaired) electrons. The van der Waals surface area contributed by atoms with Crippen molar-refractivity contribution in [2.75, 3.05) is 0 Å². The van der Waals surface area contributed by atoms with Crippen LogP contribution in [-0.2, 0) is 4.74 Å². The average Bonchev–Trinajstić information content (AvgIpc) is 1.72. The maximum absolute atomic E-state index is 8.82. The van der Waals surface area contributed by atoms with Crippen molar-refractivity contribution in [3.8, 4) is 0 Å². The van der Waals surface area contributed by atoms with Crippen LogP contribution >= 0.6 is 11.8 Å². The number of halogens is 1. The van der Waals surface area contributed by atoms with E-state index in [1.54, 1.807) is 0 Å². The number of aliphatic hydroxyl groups excluding tert-OH is 1. The summed E-state index contributed by atoms with van der Waals surface area (Å²) < 4.78 is 5.60. The molecule has 0 aromatic carbocycles. The van der Waals surface area contributed by atoms with E-state index in [-0.39, 0.29) is 12.0 Å². The molecule has 0 aliphatic carbocycles. The second kappa shape index (κ2) is 1.37. The summed E-state index contributed by atoms with van der Waals surface area (Å²) in [6.07, 6.45) is -1.04. The highest BCUT2D eigenvalue weighted by molar-refractivity contribution is 6.25. The number of ether oxygens (including phenoxy) is 1. The fourth-order valence-electron chi connectivity index (χ4n) is 0.565. The van der Waals surface area contributed by atoms with Crippen LogP contribution in [0.15, 0.2) is 9.98 Å². The second-order valence-electron chi connectivity index (χ2n) is 1.57. The van der Waals surface area contributed by atoms with Gasteiger partial charge >= 0.3 is 12.0 Å². The van der Waals surface area contributed by atoms with E-state index in [0.29, 0.717) is 0 Å². The zero-order valence-corrected chi connectivity index (χ0v) is 4.91. The molecule has 0 aromatic rings. The van der Waals surface area contributed by atoms with Crippen LogP contribution in [0.3, 0.4) is 0 Å². The molecule has 9 heavy (non-hydrogen) atoms. The first-order valence-corrected chi connectivity index (χ1v) is 2.58. The molecule has 0 fully saturated rings. The van der Waals surface area contributed by atoms with E-state index in [2.05, 4.69) is 9.98 Å². The quantitative estimate of drug-likeness (QED) is 0.469. The Morgan fingerprint density at radius 2 is 2.44 bits per heavy atom. The number of hydrogen-bond acceptors (Lipinski definition) is 5. The molecule has 1 unspecified atom stereocenters. The summed E-state index contributed by atoms with van der Waals surface area (Å²) >= 11 is 5.38. The van der Waals surface area contributed by atoms with Gasteiger partial charge in [0, 0.05) is 11.8 Å². The van der Waals surface area contributed by atoms with E-state index in [4.69, 9.17) is 21.6 Å². The molecule has 0 aromatic heterocycles. The van der Waals surface area contributed by atoms with Crippen LogP contribution in [0.1, 0.15) is 0 Å². The normalized spacial score (nSPS) is 30.0. The van der Waals surface area contributed by atoms with Gasteiger partial charge in [0.2, 0.25) is 6.35 Å². The van der Waals surface area contributed by atoms with Crippen molar-refractivity contribution in [1.82, 2.24) is 4.42 Å². The predicted octanol–water partition coefficient (Wildman–Crippen LogP) is -0.526. The summed E-state index contributed by atoms with van der Waals surface area (Å²) in [5.41, 5.74) is 0. The third-order valence-corrected chi connectivity index (χ3v) is 1.30. The Morgan fingerprint density at radius 1 is 1.78 bits per heavy atom. The number of fused-ring (bicyclic) bond motifs is 2. The van der Waals surface area contributed by atoms with E-state index in [1.165, 1.54) is 0 Å². The predicted molar refractivity (Wildman–Crippen MR) is 29.7 cm³/mol. The van der Waals surface area contributed by atoms with Gasteiger partial charge in [0.1, 0.15) is 0 Å². The number of hydrogen-bond donors (Lipinski definition) is 1. The smallest absolute Gasteiger partial charge is 0.328 e. The van der Waals surface area contributed by atoms with Gasteiger partial charge in [-0.05, 0) is 0 Å². The molecular weight excluding hydrogens is 146 g/mol. The van der Waals surface area contributed by atoms with Gasteiger partial charge in [-0.15, -0.1) is 4.99 Å². The first-order valence-electron chi connectivity index (χ1n) is 2.25. The topological polar surface area (TPSA) is 57.4 Å². The molecule has 2 bridgehead atoms. The van der Waals surface area contributed by atoms with Gasteiger partial charge in [0.15, 0.2) is 0 Å². The van der Waals surface area contributed by atoms with Crippen molar-refractivity contribution < 1.29 is 9.84 Å². The number of amidine groups is 2. The fraction of sp³-hybridized carbons (Fsp3) is 0.333. The Bertz CT molecular complexity index is 213. The van der Waals surface area contributed by atoms with Crippen LogP contribution in [0.2, 0.25) is 0 Å². The summed E-state index contributed by atoms with van der Waals surface area (Å²) in [5, 5.41) is 8.82. The maximum atomic E-state index is 8.82. The average molecular weight is 148 g/mol. The highest BCUT2D eigenvalue weighted by atomic mass is 35.5. The lowest BCUT2D eigenvalue weighted by Gasteiger charge is -2.29. The van der Waals surface area contributed by atoms with Gasteiger partial charge in [0.25, 0.3) is 0 Å². The molecule has 0 saturated heterocycles. The Kier molecular flexibility index (Phi) is 0.762. The van der Waals surface area contributed by atoms with Crippen molar-refractivity contribution in [2.45, 2.75) is 6.35 Å². The molecule has 0 spiro atoms. The van der Waals surface area contributed by atoms with E-state index in [0.717, 1.165) is 4.42 Å². The largest absolute Gasteiger partial charge is 0.389 e. The molecule has 1 atom stereocenters. The van der Waals surface area contributed by atoms with Crippen molar-refractivity contribution in [3.05, 3.63) is 0 Å². The third-order valence-electron chi connectivity index (χ3n) is 0.985. The molecule has 0 saturated carbocycles. The molecule has 0 amide bonds. The molecule has 3 aliphatic heterocycles. The van der Waals surface area contributed by atoms with Crippen molar-refractivity contribution >= 4 is 23.8 Å². The zero-order chi connectivity index (χ0) is 6.43. The van der Waals surface area contributed by atoms with Gasteiger partial charge < -0.3 is 9.84 Å². The van der Waals surface area contributed by atoms with Crippen LogP contribution in [-0.4, -0.2) is 27.9 Å². The van der Waals surface area contributed by atoms with E-state index in [1.807, 2.05) is 0 Å². The molecule has 5 nitrogen and oxygen atoms in total. The van der Waals surface area contributed by atoms with Crippen molar-refractivity contribution in [3.63, 3.8) is 0 Å². The lowest BCUT2D eigenvalue weighted by molar-refractivity contribution is 0.0825. The first-order chi connectivity index (χ1) is 4.27. The standard InChI is InChI=1S/C3H2ClN3O2/c4-7-2(8)5-1-6-3(7)9-1/h2,8H. The van der Waals surface area contributed by atoms with Gasteiger partial charge in [-0.1, -0.05) is 0 Å². The number of rotatable bonds is 0. The van der Waals surface area contributed by atoms with Gasteiger partial charge in [-0.3, -0.25) is 0 Å². The maximum Gasteiger partial charge on any atom is 0.328 e. The zero-order valence-electron chi connectivity index (χ0n) is 4.15. The molecule has 3 heterocycles.